The molecule has 1 N–H and O–H groups in total. The van der Waals surface area contributed by atoms with Gasteiger partial charge in [0.25, 0.3) is 0 Å². The van der Waals surface area contributed by atoms with Crippen LogP contribution in [0.3, 0.4) is 0 Å². The summed E-state index contributed by atoms with van der Waals surface area (Å²) in [5.41, 5.74) is 2.75. The lowest BCUT2D eigenvalue weighted by atomic mass is 10.0. The molecule has 4 rings (SSSR count). The highest BCUT2D eigenvalue weighted by Crippen LogP contribution is 2.28. The highest BCUT2D eigenvalue weighted by atomic mass is 15.3. The van der Waals surface area contributed by atoms with Gasteiger partial charge in [0.1, 0.15) is 11.9 Å². The van der Waals surface area contributed by atoms with Crippen molar-refractivity contribution < 1.29 is 0 Å². The van der Waals surface area contributed by atoms with Gasteiger partial charge in [-0.1, -0.05) is 18.2 Å². The Kier molecular flexibility index (Phi) is 4.09. The molecule has 1 atom stereocenters. The fourth-order valence-corrected chi connectivity index (χ4v) is 3.97. The highest BCUT2D eigenvalue weighted by molar-refractivity contribution is 5.87. The van der Waals surface area contributed by atoms with E-state index in [1.165, 1.54) is 6.42 Å². The number of aryl methyl sites for hydroxylation is 1. The van der Waals surface area contributed by atoms with Crippen LogP contribution >= 0.6 is 0 Å². The molecule has 2 fully saturated rings. The van der Waals surface area contributed by atoms with E-state index in [-0.39, 0.29) is 0 Å². The Morgan fingerprint density at radius 2 is 2.00 bits per heavy atom. The SMILES string of the molecule is Cc1c(C#N)c(N2CCN(C3CCNC3)CC2)nc2ccccc12. The van der Waals surface area contributed by atoms with Crippen LogP contribution in [-0.2, 0) is 0 Å². The summed E-state index contributed by atoms with van der Waals surface area (Å²) in [6.07, 6.45) is 1.25. The molecule has 3 heterocycles. The smallest absolute Gasteiger partial charge is 0.147 e. The quantitative estimate of drug-likeness (QED) is 0.915. The number of hydrogen-bond donors (Lipinski definition) is 1. The van der Waals surface area contributed by atoms with Gasteiger partial charge < -0.3 is 10.2 Å². The van der Waals surface area contributed by atoms with Crippen molar-refractivity contribution in [1.82, 2.24) is 15.2 Å². The van der Waals surface area contributed by atoms with Gasteiger partial charge in [0.2, 0.25) is 0 Å². The Bertz CT molecular complexity index is 780. The molecule has 124 valence electrons. The number of nitrogens with one attached hydrogen (secondary N) is 1. The minimum Gasteiger partial charge on any atom is -0.353 e. The van der Waals surface area contributed by atoms with Crippen LogP contribution in [0.5, 0.6) is 0 Å². The average Bonchev–Trinajstić information content (AvgIpc) is 3.16. The molecule has 2 aliphatic heterocycles. The first-order valence-electron chi connectivity index (χ1n) is 8.77. The lowest BCUT2D eigenvalue weighted by Gasteiger charge is -2.38. The first-order valence-corrected chi connectivity index (χ1v) is 8.77. The molecule has 0 amide bonds. The van der Waals surface area contributed by atoms with Crippen LogP contribution in [0.2, 0.25) is 0 Å². The number of nitriles is 1. The fraction of sp³-hybridized carbons (Fsp3) is 0.474. The van der Waals surface area contributed by atoms with E-state index in [1.807, 2.05) is 31.2 Å². The molecule has 1 aromatic heterocycles. The molecule has 0 aliphatic carbocycles. The number of nitrogens with zero attached hydrogens (tertiary/aromatic N) is 4. The summed E-state index contributed by atoms with van der Waals surface area (Å²) in [6, 6.07) is 11.2. The molecule has 2 saturated heterocycles. The summed E-state index contributed by atoms with van der Waals surface area (Å²) in [7, 11) is 0. The predicted octanol–water partition coefficient (Wildman–Crippen LogP) is 1.90. The predicted molar refractivity (Wildman–Crippen MR) is 96.3 cm³/mol. The number of rotatable bonds is 2. The van der Waals surface area contributed by atoms with E-state index in [9.17, 15) is 5.26 Å². The van der Waals surface area contributed by atoms with E-state index in [4.69, 9.17) is 4.98 Å². The average molecular weight is 321 g/mol. The van der Waals surface area contributed by atoms with Gasteiger partial charge in [-0.05, 0) is 31.5 Å². The summed E-state index contributed by atoms with van der Waals surface area (Å²) in [5, 5.41) is 14.2. The van der Waals surface area contributed by atoms with E-state index < -0.39 is 0 Å². The first-order chi connectivity index (χ1) is 11.8. The third-order valence-corrected chi connectivity index (χ3v) is 5.41. The summed E-state index contributed by atoms with van der Waals surface area (Å²) in [6.45, 7) is 8.25. The minimum atomic E-state index is 0.675. The van der Waals surface area contributed by atoms with E-state index in [2.05, 4.69) is 21.2 Å². The molecule has 1 aromatic carbocycles. The molecule has 0 bridgehead atoms. The molecule has 0 radical (unpaired) electrons. The van der Waals surface area contributed by atoms with Crippen molar-refractivity contribution in [3.8, 4) is 6.07 Å². The van der Waals surface area contributed by atoms with Gasteiger partial charge in [-0.3, -0.25) is 4.90 Å². The fourth-order valence-electron chi connectivity index (χ4n) is 3.97. The number of para-hydroxylation sites is 1. The van der Waals surface area contributed by atoms with Crippen molar-refractivity contribution >= 4 is 16.7 Å². The Morgan fingerprint density at radius 3 is 2.71 bits per heavy atom. The van der Waals surface area contributed by atoms with Crippen molar-refractivity contribution in [1.29, 1.82) is 5.26 Å². The number of piperazine rings is 1. The van der Waals surface area contributed by atoms with E-state index in [1.54, 1.807) is 0 Å². The molecule has 5 nitrogen and oxygen atoms in total. The van der Waals surface area contributed by atoms with Crippen molar-refractivity contribution in [2.24, 2.45) is 0 Å². The maximum atomic E-state index is 9.68. The number of fused-ring (bicyclic) bond motifs is 1. The van der Waals surface area contributed by atoms with Crippen molar-refractivity contribution in [3.63, 3.8) is 0 Å². The van der Waals surface area contributed by atoms with Crippen LogP contribution in [0, 0.1) is 18.3 Å². The lowest BCUT2D eigenvalue weighted by molar-refractivity contribution is 0.196. The zero-order valence-corrected chi connectivity index (χ0v) is 14.1. The van der Waals surface area contributed by atoms with Crippen molar-refractivity contribution in [3.05, 3.63) is 35.4 Å². The second kappa shape index (κ2) is 6.39. The van der Waals surface area contributed by atoms with Gasteiger partial charge in [-0.25, -0.2) is 4.98 Å². The molecular formula is C19H23N5. The molecule has 1 unspecified atom stereocenters. The molecule has 0 spiro atoms. The summed E-state index contributed by atoms with van der Waals surface area (Å²) in [5.74, 6) is 0.859. The summed E-state index contributed by atoms with van der Waals surface area (Å²) >= 11 is 0. The van der Waals surface area contributed by atoms with Gasteiger partial charge >= 0.3 is 0 Å². The molecule has 5 heteroatoms. The Labute approximate surface area is 142 Å². The van der Waals surface area contributed by atoms with Crippen molar-refractivity contribution in [2.45, 2.75) is 19.4 Å². The Hall–Kier alpha value is -2.16. The van der Waals surface area contributed by atoms with Gasteiger partial charge in [-0.2, -0.15) is 5.26 Å². The van der Waals surface area contributed by atoms with E-state index in [0.717, 1.165) is 67.1 Å². The second-order valence-corrected chi connectivity index (χ2v) is 6.73. The second-order valence-electron chi connectivity index (χ2n) is 6.73. The van der Waals surface area contributed by atoms with E-state index in [0.29, 0.717) is 6.04 Å². The van der Waals surface area contributed by atoms with Crippen LogP contribution in [0.15, 0.2) is 24.3 Å². The number of pyridine rings is 1. The monoisotopic (exact) mass is 321 g/mol. The van der Waals surface area contributed by atoms with Crippen LogP contribution in [-0.4, -0.2) is 55.2 Å². The van der Waals surface area contributed by atoms with Crippen LogP contribution < -0.4 is 10.2 Å². The third-order valence-electron chi connectivity index (χ3n) is 5.41. The lowest BCUT2D eigenvalue weighted by Crippen LogP contribution is -2.51. The number of hydrogen-bond acceptors (Lipinski definition) is 5. The number of aromatic nitrogens is 1. The minimum absolute atomic E-state index is 0.675. The Balaban J connectivity index is 1.61. The maximum Gasteiger partial charge on any atom is 0.147 e. The van der Waals surface area contributed by atoms with Gasteiger partial charge in [0, 0.05) is 44.2 Å². The normalized spacial score (nSPS) is 22.0. The highest BCUT2D eigenvalue weighted by Gasteiger charge is 2.27. The van der Waals surface area contributed by atoms with Crippen LogP contribution in [0.1, 0.15) is 17.5 Å². The van der Waals surface area contributed by atoms with Crippen LogP contribution in [0.25, 0.3) is 10.9 Å². The van der Waals surface area contributed by atoms with Gasteiger partial charge in [0.15, 0.2) is 0 Å². The molecule has 24 heavy (non-hydrogen) atoms. The topological polar surface area (TPSA) is 55.2 Å². The van der Waals surface area contributed by atoms with Gasteiger partial charge in [-0.15, -0.1) is 0 Å². The maximum absolute atomic E-state index is 9.68. The standard InChI is InChI=1S/C19H23N5/c1-14-16-4-2-3-5-18(16)22-19(17(14)12-20)24-10-8-23(9-11-24)15-6-7-21-13-15/h2-5,15,21H,6-11,13H2,1H3. The van der Waals surface area contributed by atoms with E-state index >= 15 is 0 Å². The van der Waals surface area contributed by atoms with Crippen molar-refractivity contribution in [2.75, 3.05) is 44.2 Å². The molecule has 2 aliphatic rings. The molecular weight excluding hydrogens is 298 g/mol. The zero-order chi connectivity index (χ0) is 16.5. The van der Waals surface area contributed by atoms with Gasteiger partial charge in [0.05, 0.1) is 11.1 Å². The summed E-state index contributed by atoms with van der Waals surface area (Å²) in [4.78, 5) is 9.69. The summed E-state index contributed by atoms with van der Waals surface area (Å²) < 4.78 is 0. The largest absolute Gasteiger partial charge is 0.353 e. The molecule has 2 aromatic rings. The third kappa shape index (κ3) is 2.62. The number of anilines is 1. The number of benzene rings is 1. The molecule has 0 saturated carbocycles. The zero-order valence-electron chi connectivity index (χ0n) is 14.1. The van der Waals surface area contributed by atoms with Crippen LogP contribution in [0.4, 0.5) is 5.82 Å². The Morgan fingerprint density at radius 1 is 1.21 bits per heavy atom. The first kappa shape index (κ1) is 15.4.